The molecular formula is C11H10BrN. The monoisotopic (exact) mass is 235 g/mol. The Morgan fingerprint density at radius 2 is 1.77 bits per heavy atom. The summed E-state index contributed by atoms with van der Waals surface area (Å²) in [5.74, 6) is 0. The molecule has 0 amide bonds. The van der Waals surface area contributed by atoms with E-state index in [-0.39, 0.29) is 0 Å². The molecule has 0 aliphatic heterocycles. The van der Waals surface area contributed by atoms with Crippen molar-refractivity contribution in [2.45, 2.75) is 6.54 Å². The maximum Gasteiger partial charge on any atom is 0.0256 e. The third kappa shape index (κ3) is 1.47. The molecular weight excluding hydrogens is 226 g/mol. The van der Waals surface area contributed by atoms with Gasteiger partial charge in [-0.3, -0.25) is 0 Å². The first-order valence-electron chi connectivity index (χ1n) is 4.19. The maximum atomic E-state index is 5.66. The van der Waals surface area contributed by atoms with Gasteiger partial charge >= 0.3 is 0 Å². The van der Waals surface area contributed by atoms with E-state index < -0.39 is 0 Å². The van der Waals surface area contributed by atoms with E-state index in [0.717, 1.165) is 4.47 Å². The lowest BCUT2D eigenvalue weighted by molar-refractivity contribution is 1.09. The molecule has 0 saturated carbocycles. The first-order valence-corrected chi connectivity index (χ1v) is 4.98. The van der Waals surface area contributed by atoms with Crippen LogP contribution in [0.2, 0.25) is 0 Å². The largest absolute Gasteiger partial charge is 0.326 e. The highest BCUT2D eigenvalue weighted by Gasteiger charge is 2.01. The quantitative estimate of drug-likeness (QED) is 0.808. The molecule has 0 unspecified atom stereocenters. The van der Waals surface area contributed by atoms with Crippen LogP contribution < -0.4 is 5.73 Å². The minimum Gasteiger partial charge on any atom is -0.326 e. The van der Waals surface area contributed by atoms with Crippen LogP contribution in [-0.2, 0) is 6.54 Å². The molecule has 0 aliphatic carbocycles. The number of halogens is 1. The van der Waals surface area contributed by atoms with Crippen LogP contribution in [0.1, 0.15) is 5.56 Å². The summed E-state index contributed by atoms with van der Waals surface area (Å²) in [7, 11) is 0. The fourth-order valence-corrected chi connectivity index (χ4v) is 2.18. The molecule has 0 aromatic heterocycles. The molecule has 0 saturated heterocycles. The van der Waals surface area contributed by atoms with E-state index in [9.17, 15) is 0 Å². The third-order valence-corrected chi connectivity index (χ3v) is 2.82. The van der Waals surface area contributed by atoms with E-state index in [1.807, 2.05) is 18.2 Å². The van der Waals surface area contributed by atoms with Crippen LogP contribution in [0, 0.1) is 0 Å². The van der Waals surface area contributed by atoms with Crippen molar-refractivity contribution in [3.05, 3.63) is 46.4 Å². The summed E-state index contributed by atoms with van der Waals surface area (Å²) < 4.78 is 1.12. The lowest BCUT2D eigenvalue weighted by Gasteiger charge is -2.05. The summed E-state index contributed by atoms with van der Waals surface area (Å²) in [6.07, 6.45) is 0. The molecule has 0 fully saturated rings. The van der Waals surface area contributed by atoms with Crippen molar-refractivity contribution < 1.29 is 0 Å². The van der Waals surface area contributed by atoms with Crippen molar-refractivity contribution in [3.8, 4) is 0 Å². The molecule has 0 atom stereocenters. The van der Waals surface area contributed by atoms with Crippen molar-refractivity contribution in [2.24, 2.45) is 5.73 Å². The van der Waals surface area contributed by atoms with Gasteiger partial charge in [0.1, 0.15) is 0 Å². The van der Waals surface area contributed by atoms with E-state index in [0.29, 0.717) is 6.54 Å². The lowest BCUT2D eigenvalue weighted by atomic mass is 10.1. The van der Waals surface area contributed by atoms with Gasteiger partial charge in [0, 0.05) is 16.4 Å². The smallest absolute Gasteiger partial charge is 0.0256 e. The predicted molar refractivity (Wildman–Crippen MR) is 59.5 cm³/mol. The molecule has 2 aromatic carbocycles. The summed E-state index contributed by atoms with van der Waals surface area (Å²) in [6.45, 7) is 0.583. The highest BCUT2D eigenvalue weighted by molar-refractivity contribution is 9.10. The normalized spacial score (nSPS) is 10.6. The molecule has 13 heavy (non-hydrogen) atoms. The van der Waals surface area contributed by atoms with Gasteiger partial charge in [-0.15, -0.1) is 0 Å². The highest BCUT2D eigenvalue weighted by Crippen LogP contribution is 2.26. The average molecular weight is 236 g/mol. The molecule has 0 heterocycles. The minimum atomic E-state index is 0.583. The van der Waals surface area contributed by atoms with Crippen LogP contribution in [0.4, 0.5) is 0 Å². The van der Waals surface area contributed by atoms with Crippen LogP contribution >= 0.6 is 15.9 Å². The molecule has 0 radical (unpaired) electrons. The Morgan fingerprint density at radius 3 is 2.46 bits per heavy atom. The van der Waals surface area contributed by atoms with E-state index >= 15 is 0 Å². The zero-order valence-electron chi connectivity index (χ0n) is 7.13. The zero-order valence-corrected chi connectivity index (χ0v) is 8.71. The molecule has 2 N–H and O–H groups in total. The first-order chi connectivity index (χ1) is 6.33. The summed E-state index contributed by atoms with van der Waals surface area (Å²) in [5.41, 5.74) is 6.85. The zero-order chi connectivity index (χ0) is 9.26. The van der Waals surface area contributed by atoms with E-state index in [4.69, 9.17) is 5.73 Å². The Bertz CT molecular complexity index is 432. The number of hydrogen-bond acceptors (Lipinski definition) is 1. The van der Waals surface area contributed by atoms with Crippen molar-refractivity contribution in [3.63, 3.8) is 0 Å². The van der Waals surface area contributed by atoms with Crippen molar-refractivity contribution in [2.75, 3.05) is 0 Å². The Morgan fingerprint density at radius 1 is 1.08 bits per heavy atom. The first kappa shape index (κ1) is 8.73. The number of nitrogens with two attached hydrogens (primary N) is 1. The Hall–Kier alpha value is -0.860. The van der Waals surface area contributed by atoms with Crippen molar-refractivity contribution >= 4 is 26.7 Å². The molecule has 0 spiro atoms. The fraction of sp³-hybridized carbons (Fsp3) is 0.0909. The molecule has 0 bridgehead atoms. The van der Waals surface area contributed by atoms with E-state index in [1.165, 1.54) is 16.3 Å². The molecule has 66 valence electrons. The van der Waals surface area contributed by atoms with Crippen LogP contribution in [0.3, 0.4) is 0 Å². The SMILES string of the molecule is NCc1cccc2cccc(Br)c12. The van der Waals surface area contributed by atoms with Crippen LogP contribution in [-0.4, -0.2) is 0 Å². The standard InChI is InChI=1S/C11H10BrN/c12-10-6-2-4-8-3-1-5-9(7-13)11(8)10/h1-6H,7,13H2. The van der Waals surface area contributed by atoms with Gasteiger partial charge in [0.05, 0.1) is 0 Å². The second-order valence-electron chi connectivity index (χ2n) is 2.96. The van der Waals surface area contributed by atoms with Gasteiger partial charge in [0.15, 0.2) is 0 Å². The number of rotatable bonds is 1. The summed E-state index contributed by atoms with van der Waals surface area (Å²) in [4.78, 5) is 0. The molecule has 0 aliphatic rings. The second kappa shape index (κ2) is 3.48. The Kier molecular flexibility index (Phi) is 2.34. The second-order valence-corrected chi connectivity index (χ2v) is 3.81. The van der Waals surface area contributed by atoms with Gasteiger partial charge in [0.2, 0.25) is 0 Å². The number of benzene rings is 2. The number of hydrogen-bond donors (Lipinski definition) is 1. The van der Waals surface area contributed by atoms with E-state index in [2.05, 4.69) is 34.1 Å². The summed E-state index contributed by atoms with van der Waals surface area (Å²) >= 11 is 3.53. The highest BCUT2D eigenvalue weighted by atomic mass is 79.9. The van der Waals surface area contributed by atoms with Gasteiger partial charge in [-0.05, 0) is 17.0 Å². The van der Waals surface area contributed by atoms with Crippen LogP contribution in [0.15, 0.2) is 40.9 Å². The maximum absolute atomic E-state index is 5.66. The molecule has 2 aromatic rings. The molecule has 2 heteroatoms. The third-order valence-electron chi connectivity index (χ3n) is 2.16. The van der Waals surface area contributed by atoms with Crippen LogP contribution in [0.25, 0.3) is 10.8 Å². The van der Waals surface area contributed by atoms with E-state index in [1.54, 1.807) is 0 Å². The minimum absolute atomic E-state index is 0.583. The Balaban J connectivity index is 2.87. The van der Waals surface area contributed by atoms with Gasteiger partial charge in [-0.25, -0.2) is 0 Å². The molecule has 1 nitrogen and oxygen atoms in total. The molecule has 2 rings (SSSR count). The summed E-state index contributed by atoms with van der Waals surface area (Å²) in [5, 5.41) is 2.46. The summed E-state index contributed by atoms with van der Waals surface area (Å²) in [6, 6.07) is 12.4. The van der Waals surface area contributed by atoms with Crippen molar-refractivity contribution in [1.82, 2.24) is 0 Å². The van der Waals surface area contributed by atoms with Crippen LogP contribution in [0.5, 0.6) is 0 Å². The van der Waals surface area contributed by atoms with Gasteiger partial charge in [-0.2, -0.15) is 0 Å². The van der Waals surface area contributed by atoms with Gasteiger partial charge < -0.3 is 5.73 Å². The van der Waals surface area contributed by atoms with Crippen molar-refractivity contribution in [1.29, 1.82) is 0 Å². The average Bonchev–Trinajstić information content (AvgIpc) is 2.17. The lowest BCUT2D eigenvalue weighted by Crippen LogP contribution is -1.97. The fourth-order valence-electron chi connectivity index (χ4n) is 1.54. The van der Waals surface area contributed by atoms with Gasteiger partial charge in [0.25, 0.3) is 0 Å². The topological polar surface area (TPSA) is 26.0 Å². The predicted octanol–water partition coefficient (Wildman–Crippen LogP) is 3.06. The number of fused-ring (bicyclic) bond motifs is 1. The Labute approximate surface area is 85.7 Å². The van der Waals surface area contributed by atoms with Gasteiger partial charge in [-0.1, -0.05) is 46.3 Å².